The summed E-state index contributed by atoms with van der Waals surface area (Å²) in [4.78, 5) is 26.9. The van der Waals surface area contributed by atoms with Crippen molar-refractivity contribution in [2.75, 3.05) is 31.7 Å². The Hall–Kier alpha value is -2.45. The maximum atomic E-state index is 13.8. The molecule has 0 aliphatic carbocycles. The second kappa shape index (κ2) is 10.2. The minimum Gasteiger partial charge on any atom is -0.348 e. The number of anilines is 1. The summed E-state index contributed by atoms with van der Waals surface area (Å²) in [6, 6.07) is 10.1. The molecule has 2 aromatic rings. The van der Waals surface area contributed by atoms with Gasteiger partial charge < -0.3 is 10.6 Å². The first kappa shape index (κ1) is 21.8. The largest absolute Gasteiger partial charge is 0.348 e. The fourth-order valence-electron chi connectivity index (χ4n) is 2.70. The number of halogens is 2. The van der Waals surface area contributed by atoms with Crippen molar-refractivity contribution in [3.63, 3.8) is 0 Å². The van der Waals surface area contributed by atoms with Gasteiger partial charge in [0.1, 0.15) is 11.6 Å². The predicted molar refractivity (Wildman–Crippen MR) is 107 cm³/mol. The molecule has 2 N–H and O–H groups in total. The van der Waals surface area contributed by atoms with Crippen LogP contribution in [0.1, 0.15) is 18.5 Å². The van der Waals surface area contributed by atoms with Gasteiger partial charge in [0, 0.05) is 16.5 Å². The zero-order chi connectivity index (χ0) is 20.7. The maximum absolute atomic E-state index is 13.8. The van der Waals surface area contributed by atoms with E-state index in [9.17, 15) is 18.4 Å². The molecule has 0 aromatic heterocycles. The molecule has 0 heterocycles. The topological polar surface area (TPSA) is 61.4 Å². The summed E-state index contributed by atoms with van der Waals surface area (Å²) in [5, 5.41) is 5.48. The van der Waals surface area contributed by atoms with Crippen LogP contribution in [0.15, 0.2) is 47.4 Å². The second-order valence-corrected chi connectivity index (χ2v) is 7.22. The molecule has 28 heavy (non-hydrogen) atoms. The van der Waals surface area contributed by atoms with Gasteiger partial charge >= 0.3 is 0 Å². The average molecular weight is 407 g/mol. The van der Waals surface area contributed by atoms with Crippen molar-refractivity contribution in [2.24, 2.45) is 0 Å². The van der Waals surface area contributed by atoms with Gasteiger partial charge in [-0.1, -0.05) is 18.2 Å². The maximum Gasteiger partial charge on any atom is 0.238 e. The fourth-order valence-corrected chi connectivity index (χ4v) is 3.26. The van der Waals surface area contributed by atoms with Crippen LogP contribution in [0, 0.1) is 11.6 Å². The minimum atomic E-state index is -0.715. The zero-order valence-corrected chi connectivity index (χ0v) is 16.8. The highest BCUT2D eigenvalue weighted by Gasteiger charge is 2.17. The molecule has 0 bridgehead atoms. The first-order valence-corrected chi connectivity index (χ1v) is 9.88. The van der Waals surface area contributed by atoms with E-state index in [0.29, 0.717) is 0 Å². The Balaban J connectivity index is 1.85. The van der Waals surface area contributed by atoms with E-state index in [-0.39, 0.29) is 30.5 Å². The molecule has 0 saturated heterocycles. The number of nitrogens with one attached hydrogen (secondary N) is 2. The molecule has 0 unspecified atom stereocenters. The summed E-state index contributed by atoms with van der Waals surface area (Å²) in [6.45, 7) is 1.60. The molecule has 0 fully saturated rings. The van der Waals surface area contributed by atoms with Crippen LogP contribution in [0.3, 0.4) is 0 Å². The second-order valence-electron chi connectivity index (χ2n) is 6.38. The Kier molecular flexibility index (Phi) is 7.95. The molecule has 0 aliphatic rings. The van der Waals surface area contributed by atoms with E-state index in [1.54, 1.807) is 18.9 Å². The normalized spacial score (nSPS) is 11.9. The van der Waals surface area contributed by atoms with Gasteiger partial charge in [-0.25, -0.2) is 8.78 Å². The van der Waals surface area contributed by atoms with Crippen LogP contribution in [0.4, 0.5) is 14.5 Å². The van der Waals surface area contributed by atoms with Gasteiger partial charge in [-0.3, -0.25) is 14.5 Å². The number of carbonyl (C=O) groups excluding carboxylic acids is 2. The smallest absolute Gasteiger partial charge is 0.238 e. The first-order valence-electron chi connectivity index (χ1n) is 8.66. The van der Waals surface area contributed by atoms with Gasteiger partial charge in [-0.15, -0.1) is 11.8 Å². The van der Waals surface area contributed by atoms with E-state index in [2.05, 4.69) is 10.6 Å². The van der Waals surface area contributed by atoms with E-state index in [0.717, 1.165) is 22.7 Å². The lowest BCUT2D eigenvalue weighted by atomic mass is 10.1. The number of para-hydroxylation sites is 1. The standard InChI is InChI=1S/C20H23F2N3O2S/c1-13(15-9-8-14(21)10-16(15)22)23-19(26)11-25(2)12-20(27)24-17-6-4-5-7-18(17)28-3/h4-10,13H,11-12H2,1-3H3,(H,23,26)(H,24,27)/t13-/m1/s1. The van der Waals surface area contributed by atoms with Crippen LogP contribution in [-0.2, 0) is 9.59 Å². The average Bonchev–Trinajstić information content (AvgIpc) is 2.61. The number of hydrogen-bond acceptors (Lipinski definition) is 4. The highest BCUT2D eigenvalue weighted by atomic mass is 32.2. The summed E-state index contributed by atoms with van der Waals surface area (Å²) in [7, 11) is 1.64. The van der Waals surface area contributed by atoms with E-state index in [1.807, 2.05) is 30.5 Å². The lowest BCUT2D eigenvalue weighted by molar-refractivity contribution is -0.123. The van der Waals surface area contributed by atoms with Crippen molar-refractivity contribution in [3.8, 4) is 0 Å². The van der Waals surface area contributed by atoms with Crippen LogP contribution in [0.2, 0.25) is 0 Å². The Morgan fingerprint density at radius 2 is 1.79 bits per heavy atom. The van der Waals surface area contributed by atoms with Gasteiger partial charge in [-0.05, 0) is 38.4 Å². The highest BCUT2D eigenvalue weighted by molar-refractivity contribution is 7.98. The molecular weight excluding hydrogens is 384 g/mol. The summed E-state index contributed by atoms with van der Waals surface area (Å²) in [6.07, 6.45) is 1.92. The van der Waals surface area contributed by atoms with Crippen molar-refractivity contribution in [1.29, 1.82) is 0 Å². The van der Waals surface area contributed by atoms with Crippen molar-refractivity contribution in [2.45, 2.75) is 17.9 Å². The van der Waals surface area contributed by atoms with Gasteiger partial charge in [0.25, 0.3) is 0 Å². The number of nitrogens with zero attached hydrogens (tertiary/aromatic N) is 1. The van der Waals surface area contributed by atoms with E-state index in [4.69, 9.17) is 0 Å². The number of hydrogen-bond donors (Lipinski definition) is 2. The summed E-state index contributed by atoms with van der Waals surface area (Å²) >= 11 is 1.53. The molecule has 1 atom stereocenters. The van der Waals surface area contributed by atoms with Crippen molar-refractivity contribution >= 4 is 29.3 Å². The number of likely N-dealkylation sites (N-methyl/N-ethyl adjacent to an activating group) is 1. The van der Waals surface area contributed by atoms with Crippen LogP contribution in [-0.4, -0.2) is 43.1 Å². The number of benzene rings is 2. The molecule has 5 nitrogen and oxygen atoms in total. The van der Waals surface area contributed by atoms with Crippen molar-refractivity contribution < 1.29 is 18.4 Å². The van der Waals surface area contributed by atoms with Crippen LogP contribution < -0.4 is 10.6 Å². The zero-order valence-electron chi connectivity index (χ0n) is 16.0. The molecule has 150 valence electrons. The fraction of sp³-hybridized carbons (Fsp3) is 0.300. The minimum absolute atomic E-state index is 0.0232. The molecule has 2 amide bonds. The van der Waals surface area contributed by atoms with Crippen LogP contribution in [0.5, 0.6) is 0 Å². The molecule has 0 aliphatic heterocycles. The Bertz CT molecular complexity index is 848. The molecule has 8 heteroatoms. The third-order valence-electron chi connectivity index (χ3n) is 4.01. The third kappa shape index (κ3) is 6.31. The molecule has 2 rings (SSSR count). The monoisotopic (exact) mass is 407 g/mol. The quantitative estimate of drug-likeness (QED) is 0.658. The number of amides is 2. The Labute approximate surface area is 167 Å². The van der Waals surface area contributed by atoms with Gasteiger partial charge in [-0.2, -0.15) is 0 Å². The lowest BCUT2D eigenvalue weighted by Gasteiger charge is -2.19. The Morgan fingerprint density at radius 3 is 2.46 bits per heavy atom. The lowest BCUT2D eigenvalue weighted by Crippen LogP contribution is -2.39. The molecular formula is C20H23F2N3O2S. The third-order valence-corrected chi connectivity index (χ3v) is 4.81. The number of thioether (sulfide) groups is 1. The molecule has 0 spiro atoms. The van der Waals surface area contributed by atoms with Gasteiger partial charge in [0.15, 0.2) is 0 Å². The molecule has 0 saturated carbocycles. The number of rotatable bonds is 8. The van der Waals surface area contributed by atoms with Crippen LogP contribution >= 0.6 is 11.8 Å². The predicted octanol–water partition coefficient (Wildman–Crippen LogP) is 3.43. The van der Waals surface area contributed by atoms with Crippen molar-refractivity contribution in [3.05, 3.63) is 59.7 Å². The first-order chi connectivity index (χ1) is 13.3. The highest BCUT2D eigenvalue weighted by Crippen LogP contribution is 2.24. The summed E-state index contributed by atoms with van der Waals surface area (Å²) in [5.41, 5.74) is 0.919. The van der Waals surface area contributed by atoms with E-state index in [1.165, 1.54) is 17.8 Å². The summed E-state index contributed by atoms with van der Waals surface area (Å²) < 4.78 is 26.8. The van der Waals surface area contributed by atoms with Crippen LogP contribution in [0.25, 0.3) is 0 Å². The van der Waals surface area contributed by atoms with E-state index < -0.39 is 17.7 Å². The Morgan fingerprint density at radius 1 is 1.11 bits per heavy atom. The molecule has 2 aromatic carbocycles. The van der Waals surface area contributed by atoms with Crippen molar-refractivity contribution in [1.82, 2.24) is 10.2 Å². The van der Waals surface area contributed by atoms with Gasteiger partial charge in [0.2, 0.25) is 11.8 Å². The van der Waals surface area contributed by atoms with Gasteiger partial charge in [0.05, 0.1) is 24.8 Å². The van der Waals surface area contributed by atoms with E-state index >= 15 is 0 Å². The number of carbonyl (C=O) groups is 2. The molecule has 0 radical (unpaired) electrons. The SMILES string of the molecule is CSc1ccccc1NC(=O)CN(C)CC(=O)N[C@H](C)c1ccc(F)cc1F. The summed E-state index contributed by atoms with van der Waals surface area (Å²) in [5.74, 6) is -1.99.